The number of pyridine rings is 1. The second kappa shape index (κ2) is 23.4. The van der Waals surface area contributed by atoms with Gasteiger partial charge < -0.3 is 60.2 Å². The van der Waals surface area contributed by atoms with Crippen molar-refractivity contribution in [1.82, 2.24) is 49.6 Å². The fourth-order valence-corrected chi connectivity index (χ4v) is 11.9. The Bertz CT molecular complexity index is 3350. The summed E-state index contributed by atoms with van der Waals surface area (Å²) in [4.78, 5) is 88.5. The SMILES string of the molecule is CN=CC(=CN)c1cc2c(cc1C(F)F)N(c1nn(C3CCN(C(=O)C4CN(C(=O)C5CCN(c6ncc(Cl)c(Nc7cc(OC)c8c(c7)cc(OCC(=O)NC)c(=O)n8C)n6)CC5)C4)CC3)c3c1CN(C(=O)NC)CC3)CCC2. The van der Waals surface area contributed by atoms with Gasteiger partial charge in [0.05, 0.1) is 37.3 Å². The Morgan fingerprint density at radius 2 is 1.66 bits per heavy atom. The highest BCUT2D eigenvalue weighted by molar-refractivity contribution is 6.33. The minimum Gasteiger partial charge on any atom is -0.494 e. The average molecular weight is 1120 g/mol. The third-order valence-electron chi connectivity index (χ3n) is 16.1. The fourth-order valence-electron chi connectivity index (χ4n) is 11.8. The number of methoxy groups -OCH3 is 1. The summed E-state index contributed by atoms with van der Waals surface area (Å²) in [5.74, 6) is 1.02. The molecule has 0 aliphatic carbocycles. The number of likely N-dealkylation sites (tertiary alicyclic amines) is 2. The van der Waals surface area contributed by atoms with Gasteiger partial charge in [0, 0.05) is 151 Å². The number of fused-ring (bicyclic) bond motifs is 3. The fraction of sp³-hybridized carbons (Fsp3) is 0.473. The molecule has 5 amide bonds. The van der Waals surface area contributed by atoms with Gasteiger partial charge >= 0.3 is 6.03 Å². The highest BCUT2D eigenvalue weighted by Gasteiger charge is 2.42. The molecule has 3 fully saturated rings. The number of aryl methyl sites for hydroxylation is 2. The van der Waals surface area contributed by atoms with E-state index in [1.807, 2.05) is 14.7 Å². The number of carbonyl (C=O) groups is 4. The molecule has 22 nitrogen and oxygen atoms in total. The van der Waals surface area contributed by atoms with Crippen LogP contribution in [0.1, 0.15) is 72.5 Å². The molecule has 80 heavy (non-hydrogen) atoms. The first-order valence-corrected chi connectivity index (χ1v) is 27.3. The number of aliphatic imine (C=N–C) groups is 1. The number of hydrogen-bond donors (Lipinski definition) is 4. The van der Waals surface area contributed by atoms with Crippen molar-refractivity contribution < 1.29 is 37.4 Å². The summed E-state index contributed by atoms with van der Waals surface area (Å²) in [6, 6.07) is 8.17. The Labute approximate surface area is 465 Å². The lowest BCUT2D eigenvalue weighted by atomic mass is 9.90. The van der Waals surface area contributed by atoms with Gasteiger partial charge in [-0.3, -0.25) is 28.9 Å². The first kappa shape index (κ1) is 55.3. The van der Waals surface area contributed by atoms with Crippen molar-refractivity contribution >= 4 is 87.0 Å². The number of carbonyl (C=O) groups excluding carboxylic acids is 4. The molecule has 25 heteroatoms. The van der Waals surface area contributed by atoms with Crippen molar-refractivity contribution in [1.29, 1.82) is 0 Å². The van der Waals surface area contributed by atoms with E-state index in [4.69, 9.17) is 36.9 Å². The first-order valence-electron chi connectivity index (χ1n) is 26.9. The second-order valence-corrected chi connectivity index (χ2v) is 21.2. The molecule has 0 bridgehead atoms. The predicted octanol–water partition coefficient (Wildman–Crippen LogP) is 5.31. The van der Waals surface area contributed by atoms with Crippen LogP contribution in [-0.2, 0) is 40.8 Å². The summed E-state index contributed by atoms with van der Waals surface area (Å²) in [7, 11) is 7.74. The number of rotatable bonds is 14. The summed E-state index contributed by atoms with van der Waals surface area (Å²) < 4.78 is 44.3. The molecule has 0 saturated carbocycles. The van der Waals surface area contributed by atoms with E-state index in [0.717, 1.165) is 23.2 Å². The van der Waals surface area contributed by atoms with Gasteiger partial charge in [0.25, 0.3) is 17.9 Å². The van der Waals surface area contributed by atoms with Crippen LogP contribution in [-0.4, -0.2) is 156 Å². The number of nitrogens with two attached hydrogens (primary N) is 1. The Morgan fingerprint density at radius 1 is 0.912 bits per heavy atom. The number of likely N-dealkylation sites (N-methyl/N-ethyl adjacent to an activating group) is 1. The molecule has 8 heterocycles. The summed E-state index contributed by atoms with van der Waals surface area (Å²) in [5.41, 5.74) is 10.6. The number of alkyl halides is 2. The lowest BCUT2D eigenvalue weighted by Crippen LogP contribution is -2.59. The van der Waals surface area contributed by atoms with Gasteiger partial charge in [-0.15, -0.1) is 0 Å². The largest absolute Gasteiger partial charge is 0.494 e. The highest BCUT2D eigenvalue weighted by Crippen LogP contribution is 2.43. The van der Waals surface area contributed by atoms with Gasteiger partial charge in [0.1, 0.15) is 10.8 Å². The molecule has 5 aliphatic rings. The quantitative estimate of drug-likeness (QED) is 0.103. The van der Waals surface area contributed by atoms with Crippen molar-refractivity contribution in [3.8, 4) is 11.5 Å². The maximum atomic E-state index is 14.8. The summed E-state index contributed by atoms with van der Waals surface area (Å²) in [6.07, 6.45) is 6.00. The Kier molecular flexibility index (Phi) is 16.1. The molecule has 0 spiro atoms. The van der Waals surface area contributed by atoms with Crippen LogP contribution in [0.15, 0.2) is 52.5 Å². The molecule has 3 aromatic heterocycles. The van der Waals surface area contributed by atoms with E-state index in [0.29, 0.717) is 154 Å². The number of benzene rings is 2. The molecular weight excluding hydrogens is 1060 g/mol. The topological polar surface area (TPSA) is 243 Å². The maximum absolute atomic E-state index is 14.8. The normalized spacial score (nSPS) is 17.4. The minimum atomic E-state index is -2.77. The Morgan fingerprint density at radius 3 is 2.35 bits per heavy atom. The van der Waals surface area contributed by atoms with E-state index >= 15 is 0 Å². The van der Waals surface area contributed by atoms with Crippen LogP contribution >= 0.6 is 11.6 Å². The number of nitrogens with zero attached hydrogens (tertiary/aromatic N) is 11. The standard InChI is InChI=1S/C55H66ClF2N15O7/c1-60-25-34(24-59)38-20-32-7-6-13-72(43(32)23-39(38)48(57)58)50-40-29-70(55(78)62-3)18-12-42(40)73(66-50)37-10-16-68(17-11-37)52(76)35-27-71(28-35)51(75)31-8-14-69(15-9-31)54-63-26-41(56)49(65-54)64-36-19-33-21-45(80-30-46(74)61-2)53(77)67(4)47(33)44(22-36)79-5/h19-26,31,35,37,48H,6-18,27-30,59H2,1-5H3,(H,61,74)(H,62,78)(H,63,64,65). The van der Waals surface area contributed by atoms with E-state index in [1.165, 1.54) is 37.3 Å². The number of ether oxygens (including phenoxy) is 2. The summed E-state index contributed by atoms with van der Waals surface area (Å²) >= 11 is 6.62. The molecule has 424 valence electrons. The van der Waals surface area contributed by atoms with Crippen molar-refractivity contribution in [2.24, 2.45) is 29.6 Å². The molecule has 10 rings (SSSR count). The Balaban J connectivity index is 0.755. The number of halogens is 3. The van der Waals surface area contributed by atoms with Crippen LogP contribution in [0.4, 0.5) is 42.5 Å². The third kappa shape index (κ3) is 10.8. The summed E-state index contributed by atoms with van der Waals surface area (Å²) in [6.45, 7) is 3.87. The zero-order valence-corrected chi connectivity index (χ0v) is 46.2. The van der Waals surface area contributed by atoms with Crippen LogP contribution in [0.25, 0.3) is 16.5 Å². The van der Waals surface area contributed by atoms with Gasteiger partial charge in [-0.25, -0.2) is 18.6 Å². The lowest BCUT2D eigenvalue weighted by molar-refractivity contribution is -0.152. The molecule has 5 aromatic rings. The molecular formula is C55H66ClF2N15O7. The van der Waals surface area contributed by atoms with Crippen LogP contribution in [0.5, 0.6) is 11.5 Å². The van der Waals surface area contributed by atoms with Crippen LogP contribution < -0.4 is 46.5 Å². The van der Waals surface area contributed by atoms with E-state index in [1.54, 1.807) is 61.3 Å². The van der Waals surface area contributed by atoms with Crippen molar-refractivity contribution in [3.05, 3.63) is 86.1 Å². The number of piperidine rings is 2. The van der Waals surface area contributed by atoms with Gasteiger partial charge in [-0.05, 0) is 73.9 Å². The van der Waals surface area contributed by atoms with E-state index in [9.17, 15) is 32.8 Å². The van der Waals surface area contributed by atoms with E-state index in [-0.39, 0.29) is 64.6 Å². The van der Waals surface area contributed by atoms with Crippen molar-refractivity contribution in [2.45, 2.75) is 64.0 Å². The average Bonchev–Trinajstić information content (AvgIpc) is 3.99. The van der Waals surface area contributed by atoms with Gasteiger partial charge in [-0.2, -0.15) is 10.1 Å². The van der Waals surface area contributed by atoms with E-state index in [2.05, 4.69) is 30.6 Å². The monoisotopic (exact) mass is 1120 g/mol. The van der Waals surface area contributed by atoms with Crippen LogP contribution in [0, 0.1) is 11.8 Å². The molecule has 0 atom stereocenters. The second-order valence-electron chi connectivity index (χ2n) is 20.8. The van der Waals surface area contributed by atoms with Gasteiger partial charge in [-0.1, -0.05) is 11.6 Å². The van der Waals surface area contributed by atoms with Crippen molar-refractivity contribution in [2.75, 3.05) is 102 Å². The molecule has 2 aromatic carbocycles. The molecule has 0 unspecified atom stereocenters. The summed E-state index contributed by atoms with van der Waals surface area (Å²) in [5, 5.41) is 14.6. The van der Waals surface area contributed by atoms with Crippen LogP contribution in [0.3, 0.4) is 0 Å². The number of amides is 5. The smallest absolute Gasteiger partial charge is 0.317 e. The first-order chi connectivity index (χ1) is 38.6. The predicted molar refractivity (Wildman–Crippen MR) is 300 cm³/mol. The zero-order valence-electron chi connectivity index (χ0n) is 45.4. The molecule has 5 N–H and O–H groups in total. The molecule has 0 radical (unpaired) electrons. The molecule has 5 aliphatic heterocycles. The zero-order chi connectivity index (χ0) is 56.5. The van der Waals surface area contributed by atoms with Crippen LogP contribution in [0.2, 0.25) is 5.02 Å². The van der Waals surface area contributed by atoms with Gasteiger partial charge in [0.15, 0.2) is 24.0 Å². The van der Waals surface area contributed by atoms with E-state index < -0.39 is 12.0 Å². The number of aromatic nitrogens is 5. The maximum Gasteiger partial charge on any atom is 0.317 e. The number of nitrogens with one attached hydrogen (secondary N) is 3. The molecule has 3 saturated heterocycles. The Hall–Kier alpha value is -8.02. The minimum absolute atomic E-state index is 0.00288. The number of anilines is 5. The lowest BCUT2D eigenvalue weighted by Gasteiger charge is -2.44. The number of urea groups is 1. The van der Waals surface area contributed by atoms with Gasteiger partial charge in [0.2, 0.25) is 17.8 Å². The number of allylic oxidation sites excluding steroid dienone is 1. The number of hydrogen-bond acceptors (Lipinski definition) is 15. The van der Waals surface area contributed by atoms with Crippen molar-refractivity contribution in [3.63, 3.8) is 0 Å². The highest BCUT2D eigenvalue weighted by atomic mass is 35.5. The third-order valence-corrected chi connectivity index (χ3v) is 16.3.